The second kappa shape index (κ2) is 8.94. The molecule has 0 fully saturated rings. The fraction of sp³-hybridized carbons (Fsp3) is 0.158. The second-order valence-corrected chi connectivity index (χ2v) is 7.08. The Kier molecular flexibility index (Phi) is 6.15. The maximum Gasteiger partial charge on any atom is 0.324 e. The molecule has 0 bridgehead atoms. The summed E-state index contributed by atoms with van der Waals surface area (Å²) in [6.45, 7) is 0. The van der Waals surface area contributed by atoms with Gasteiger partial charge in [-0.3, -0.25) is 4.52 Å². The van der Waals surface area contributed by atoms with Crippen LogP contribution in [0.25, 0.3) is 11.1 Å². The van der Waals surface area contributed by atoms with E-state index in [4.69, 9.17) is 10.3 Å². The molecule has 0 aliphatic carbocycles. The average molecular weight is 420 g/mol. The predicted octanol–water partition coefficient (Wildman–Crippen LogP) is 0.730. The Bertz CT molecular complexity index is 1180. The molecule has 0 aliphatic heterocycles. The lowest BCUT2D eigenvalue weighted by Crippen LogP contribution is -2.53. The average Bonchev–Trinajstić information content (AvgIpc) is 3.21. The number of nitrogens with zero attached hydrogens (tertiary/aromatic N) is 7. The van der Waals surface area contributed by atoms with Gasteiger partial charge in [-0.1, -0.05) is 42.1 Å². The van der Waals surface area contributed by atoms with E-state index in [9.17, 15) is 15.6 Å². The van der Waals surface area contributed by atoms with E-state index in [2.05, 4.69) is 21.3 Å². The van der Waals surface area contributed by atoms with Crippen molar-refractivity contribution >= 4 is 29.4 Å². The number of aliphatic imine (C=N–C) groups is 1. The van der Waals surface area contributed by atoms with Crippen LogP contribution in [0.2, 0.25) is 0 Å². The molecule has 0 saturated heterocycles. The zero-order valence-corrected chi connectivity index (χ0v) is 16.9. The Morgan fingerprint density at radius 3 is 2.57 bits per heavy atom. The van der Waals surface area contributed by atoms with Gasteiger partial charge in [0.1, 0.15) is 28.5 Å². The minimum absolute atomic E-state index is 0.00972. The van der Waals surface area contributed by atoms with Crippen LogP contribution >= 0.6 is 11.8 Å². The van der Waals surface area contributed by atoms with Gasteiger partial charge in [0.05, 0.1) is 24.4 Å². The van der Waals surface area contributed by atoms with Crippen LogP contribution < -0.4 is 20.6 Å². The van der Waals surface area contributed by atoms with Crippen molar-refractivity contribution in [2.45, 2.75) is 5.03 Å². The predicted molar refractivity (Wildman–Crippen MR) is 108 cm³/mol. The first-order valence-electron chi connectivity index (χ1n) is 8.57. The molecule has 11 heteroatoms. The van der Waals surface area contributed by atoms with Gasteiger partial charge in [-0.25, -0.2) is 9.98 Å². The number of benzene rings is 1. The minimum atomic E-state index is -0.503. The smallest absolute Gasteiger partial charge is 0.324 e. The van der Waals surface area contributed by atoms with E-state index in [1.54, 1.807) is 43.4 Å². The zero-order valence-electron chi connectivity index (χ0n) is 16.1. The van der Waals surface area contributed by atoms with Crippen LogP contribution in [-0.2, 0) is 0 Å². The molecule has 10 nitrogen and oxygen atoms in total. The molecule has 0 radical (unpaired) electrons. The number of anilines is 1. The van der Waals surface area contributed by atoms with E-state index in [0.29, 0.717) is 11.1 Å². The highest BCUT2D eigenvalue weighted by molar-refractivity contribution is 8.00. The lowest BCUT2D eigenvalue weighted by Gasteiger charge is -2.14. The number of nitrogens with two attached hydrogens (primary N) is 1. The summed E-state index contributed by atoms with van der Waals surface area (Å²) in [6, 6.07) is 13.1. The number of rotatable bonds is 6. The van der Waals surface area contributed by atoms with Crippen molar-refractivity contribution in [3.63, 3.8) is 0 Å². The second-order valence-electron chi connectivity index (χ2n) is 6.12. The van der Waals surface area contributed by atoms with Gasteiger partial charge in [-0.2, -0.15) is 15.5 Å². The summed E-state index contributed by atoms with van der Waals surface area (Å²) in [5, 5.41) is 37.1. The summed E-state index contributed by atoms with van der Waals surface area (Å²) in [4.78, 5) is 9.38. The molecule has 0 atom stereocenters. The molecular formula is C19H16N8O2S. The van der Waals surface area contributed by atoms with E-state index in [1.165, 1.54) is 11.0 Å². The van der Waals surface area contributed by atoms with Crippen molar-refractivity contribution in [2.24, 2.45) is 4.99 Å². The van der Waals surface area contributed by atoms with Crippen molar-refractivity contribution in [2.75, 3.05) is 30.6 Å². The number of pyridine rings is 1. The third-order valence-electron chi connectivity index (χ3n) is 3.90. The number of aromatic nitrogens is 3. The fourth-order valence-corrected chi connectivity index (χ4v) is 3.33. The summed E-state index contributed by atoms with van der Waals surface area (Å²) in [6.07, 6.45) is 1.45. The summed E-state index contributed by atoms with van der Waals surface area (Å²) in [5.41, 5.74) is 7.30. The summed E-state index contributed by atoms with van der Waals surface area (Å²) >= 11 is 1.01. The van der Waals surface area contributed by atoms with Crippen molar-refractivity contribution in [3.05, 3.63) is 47.7 Å². The highest BCUT2D eigenvalue weighted by Gasteiger charge is 2.20. The van der Waals surface area contributed by atoms with E-state index in [-0.39, 0.29) is 33.6 Å². The fourth-order valence-electron chi connectivity index (χ4n) is 2.55. The standard InChI is InChI=1S/C19H16N8O2S/c1-26(2)27-10-16(29-25-27)23-15(28)11-30-19-14(9-21)17(12-6-4-3-5-7-12)13(8-20)18(22)24-19/h3-7,10H,11H2,1-2H3,(H2-,22,23,24,25,28). The van der Waals surface area contributed by atoms with Gasteiger partial charge in [0.15, 0.2) is 0 Å². The summed E-state index contributed by atoms with van der Waals surface area (Å²) in [7, 11) is 3.50. The van der Waals surface area contributed by atoms with Crippen molar-refractivity contribution < 1.29 is 14.4 Å². The molecule has 3 aromatic rings. The van der Waals surface area contributed by atoms with Crippen LogP contribution in [0.5, 0.6) is 0 Å². The first-order valence-corrected chi connectivity index (χ1v) is 9.56. The van der Waals surface area contributed by atoms with Crippen LogP contribution in [0, 0.1) is 22.7 Å². The lowest BCUT2D eigenvalue weighted by atomic mass is 9.97. The molecular weight excluding hydrogens is 404 g/mol. The van der Waals surface area contributed by atoms with Gasteiger partial charge in [0, 0.05) is 11.3 Å². The largest absolute Gasteiger partial charge is 0.861 e. The minimum Gasteiger partial charge on any atom is -0.861 e. The molecule has 2 aromatic heterocycles. The van der Waals surface area contributed by atoms with Gasteiger partial charge in [-0.05, 0) is 11.5 Å². The topological polar surface area (TPSA) is 155 Å². The number of hydrogen-bond donors (Lipinski definition) is 1. The van der Waals surface area contributed by atoms with E-state index in [1.807, 2.05) is 12.1 Å². The van der Waals surface area contributed by atoms with E-state index in [0.717, 1.165) is 11.8 Å². The molecule has 1 aromatic carbocycles. The quantitative estimate of drug-likeness (QED) is 0.263. The van der Waals surface area contributed by atoms with Crippen LogP contribution in [0.1, 0.15) is 11.1 Å². The number of thioether (sulfide) groups is 1. The molecule has 30 heavy (non-hydrogen) atoms. The lowest BCUT2D eigenvalue weighted by molar-refractivity contribution is -0.753. The molecule has 3 rings (SSSR count). The molecule has 150 valence electrons. The van der Waals surface area contributed by atoms with Gasteiger partial charge < -0.3 is 10.8 Å². The monoisotopic (exact) mass is 420 g/mol. The van der Waals surface area contributed by atoms with E-state index >= 15 is 0 Å². The van der Waals surface area contributed by atoms with Crippen LogP contribution in [0.3, 0.4) is 0 Å². The van der Waals surface area contributed by atoms with Crippen LogP contribution in [-0.4, -0.2) is 36.0 Å². The Hall–Kier alpha value is -4.09. The number of nitriles is 2. The first kappa shape index (κ1) is 20.6. The highest BCUT2D eigenvalue weighted by Crippen LogP contribution is 2.35. The molecule has 0 saturated carbocycles. The number of nitrogen functional groups attached to an aromatic ring is 1. The molecule has 0 amide bonds. The Labute approximate surface area is 176 Å². The normalized spacial score (nSPS) is 11.0. The van der Waals surface area contributed by atoms with Gasteiger partial charge >= 0.3 is 5.88 Å². The maximum absolute atomic E-state index is 12.2. The Balaban J connectivity index is 1.93. The zero-order chi connectivity index (χ0) is 21.7. The highest BCUT2D eigenvalue weighted by atomic mass is 32.2. The third-order valence-corrected chi connectivity index (χ3v) is 4.86. The van der Waals surface area contributed by atoms with E-state index < -0.39 is 5.90 Å². The van der Waals surface area contributed by atoms with Crippen molar-refractivity contribution in [1.29, 1.82) is 10.5 Å². The SMILES string of the molecule is CN(C)[n+]1cc(/N=C(/[O-])CSc2nc(N)c(C#N)c(-c3ccccc3)c2C#N)on1. The molecule has 0 spiro atoms. The molecule has 2 heterocycles. The van der Waals surface area contributed by atoms with Crippen LogP contribution in [0.15, 0.2) is 51.1 Å². The summed E-state index contributed by atoms with van der Waals surface area (Å²) in [5.74, 6) is -0.572. The van der Waals surface area contributed by atoms with Gasteiger partial charge in [0.2, 0.25) is 5.27 Å². The molecule has 0 unspecified atom stereocenters. The number of hydrogen-bond acceptors (Lipinski definition) is 10. The molecule has 2 N–H and O–H groups in total. The maximum atomic E-state index is 12.2. The van der Waals surface area contributed by atoms with Crippen molar-refractivity contribution in [3.8, 4) is 23.3 Å². The Morgan fingerprint density at radius 2 is 1.97 bits per heavy atom. The van der Waals surface area contributed by atoms with Gasteiger partial charge in [-0.15, -0.1) is 0 Å². The van der Waals surface area contributed by atoms with Crippen LogP contribution in [0.4, 0.5) is 11.7 Å². The van der Waals surface area contributed by atoms with Gasteiger partial charge in [0.25, 0.3) is 6.20 Å². The third kappa shape index (κ3) is 4.32. The van der Waals surface area contributed by atoms with Crippen molar-refractivity contribution in [1.82, 2.24) is 10.3 Å². The Morgan fingerprint density at radius 1 is 1.27 bits per heavy atom. The summed E-state index contributed by atoms with van der Waals surface area (Å²) < 4.78 is 4.97. The first-order chi connectivity index (χ1) is 14.4. The molecule has 0 aliphatic rings.